The van der Waals surface area contributed by atoms with Gasteiger partial charge in [0.15, 0.2) is 0 Å². The Morgan fingerprint density at radius 2 is 1.95 bits per heavy atom. The Bertz CT molecular complexity index is 599. The van der Waals surface area contributed by atoms with Crippen LogP contribution in [0.25, 0.3) is 0 Å². The Morgan fingerprint density at radius 1 is 1.21 bits per heavy atom. The number of pyridine rings is 1. The number of carboxylic acid groups (broad SMARTS) is 1. The maximum atomic E-state index is 12.1. The molecule has 0 saturated carbocycles. The molecule has 0 saturated heterocycles. The van der Waals surface area contributed by atoms with Gasteiger partial charge in [0, 0.05) is 23.0 Å². The minimum Gasteiger partial charge on any atom is -0.478 e. The second kappa shape index (κ2) is 6.24. The Labute approximate surface area is 113 Å². The molecule has 1 heterocycles. The molecule has 0 amide bonds. The minimum absolute atomic E-state index is 0.162. The molecule has 1 aromatic carbocycles. The molecular weight excluding hydrogens is 262 g/mol. The lowest BCUT2D eigenvalue weighted by molar-refractivity contribution is 0.0696. The van der Waals surface area contributed by atoms with E-state index in [4.69, 9.17) is 5.11 Å². The van der Waals surface area contributed by atoms with Gasteiger partial charge in [-0.25, -0.2) is 4.79 Å². The van der Waals surface area contributed by atoms with E-state index in [-0.39, 0.29) is 5.56 Å². The van der Waals surface area contributed by atoms with E-state index in [9.17, 15) is 9.00 Å². The first-order valence-electron chi connectivity index (χ1n) is 5.77. The zero-order valence-corrected chi connectivity index (χ0v) is 11.0. The van der Waals surface area contributed by atoms with E-state index >= 15 is 0 Å². The van der Waals surface area contributed by atoms with Crippen molar-refractivity contribution < 1.29 is 14.1 Å². The summed E-state index contributed by atoms with van der Waals surface area (Å²) < 4.78 is 12.1. The van der Waals surface area contributed by atoms with E-state index in [0.29, 0.717) is 17.1 Å². The topological polar surface area (TPSA) is 67.3 Å². The second-order valence-electron chi connectivity index (χ2n) is 3.99. The predicted octanol–water partition coefficient (Wildman–Crippen LogP) is 2.13. The van der Waals surface area contributed by atoms with E-state index < -0.39 is 16.8 Å². The lowest BCUT2D eigenvalue weighted by Crippen LogP contribution is -2.04. The average Bonchev–Trinajstić information content (AvgIpc) is 2.46. The number of benzene rings is 1. The van der Waals surface area contributed by atoms with Gasteiger partial charge in [-0.3, -0.25) is 9.19 Å². The Balaban J connectivity index is 2.04. The fourth-order valence-corrected chi connectivity index (χ4v) is 2.79. The summed E-state index contributed by atoms with van der Waals surface area (Å²) in [6.07, 6.45) is 4.07. The summed E-state index contributed by atoms with van der Waals surface area (Å²) in [5.41, 5.74) is 1.23. The molecule has 0 radical (unpaired) electrons. The van der Waals surface area contributed by atoms with Crippen molar-refractivity contribution >= 4 is 16.8 Å². The zero-order valence-electron chi connectivity index (χ0n) is 10.2. The molecule has 2 aromatic rings. The molecule has 0 aliphatic carbocycles. The van der Waals surface area contributed by atoms with Crippen LogP contribution in [0.4, 0.5) is 0 Å². The Kier molecular flexibility index (Phi) is 4.41. The molecule has 0 fully saturated rings. The fraction of sp³-hybridized carbons (Fsp3) is 0.143. The number of rotatable bonds is 5. The molecule has 5 heteroatoms. The van der Waals surface area contributed by atoms with Crippen molar-refractivity contribution in [1.82, 2.24) is 4.98 Å². The van der Waals surface area contributed by atoms with Gasteiger partial charge in [-0.2, -0.15) is 0 Å². The quantitative estimate of drug-likeness (QED) is 0.907. The SMILES string of the molecule is O=C(O)c1cccc(S(=O)CCc2ccncc2)c1. The van der Waals surface area contributed by atoms with Crippen molar-refractivity contribution in [3.05, 3.63) is 59.9 Å². The molecule has 1 aromatic heterocycles. The third kappa shape index (κ3) is 3.72. The maximum absolute atomic E-state index is 12.1. The number of nitrogens with zero attached hydrogens (tertiary/aromatic N) is 1. The standard InChI is InChI=1S/C14H13NO3S/c16-14(17)12-2-1-3-13(10-12)19(18)9-6-11-4-7-15-8-5-11/h1-5,7-8,10H,6,9H2,(H,16,17). The van der Waals surface area contributed by atoms with Gasteiger partial charge in [0.05, 0.1) is 16.4 Å². The summed E-state index contributed by atoms with van der Waals surface area (Å²) >= 11 is 0. The van der Waals surface area contributed by atoms with Crippen LogP contribution in [0.3, 0.4) is 0 Å². The molecule has 0 spiro atoms. The lowest BCUT2D eigenvalue weighted by Gasteiger charge is -2.03. The van der Waals surface area contributed by atoms with Gasteiger partial charge in [0.25, 0.3) is 0 Å². The second-order valence-corrected chi connectivity index (χ2v) is 5.56. The minimum atomic E-state index is -1.19. The molecular formula is C14H13NO3S. The van der Waals surface area contributed by atoms with E-state index in [1.54, 1.807) is 24.5 Å². The molecule has 0 aliphatic heterocycles. The van der Waals surface area contributed by atoms with Gasteiger partial charge >= 0.3 is 5.97 Å². The van der Waals surface area contributed by atoms with Gasteiger partial charge < -0.3 is 5.11 Å². The number of aromatic nitrogens is 1. The summed E-state index contributed by atoms with van der Waals surface area (Å²) in [5, 5.41) is 8.89. The van der Waals surface area contributed by atoms with E-state index in [1.807, 2.05) is 12.1 Å². The average molecular weight is 275 g/mol. The van der Waals surface area contributed by atoms with Crippen molar-refractivity contribution in [1.29, 1.82) is 0 Å². The largest absolute Gasteiger partial charge is 0.478 e. The first-order valence-corrected chi connectivity index (χ1v) is 7.09. The van der Waals surface area contributed by atoms with Crippen molar-refractivity contribution in [3.8, 4) is 0 Å². The number of aryl methyl sites for hydroxylation is 1. The normalized spacial score (nSPS) is 12.0. The smallest absolute Gasteiger partial charge is 0.335 e. The predicted molar refractivity (Wildman–Crippen MR) is 72.6 cm³/mol. The first-order chi connectivity index (χ1) is 9.16. The number of hydrogen-bond acceptors (Lipinski definition) is 3. The molecule has 1 unspecified atom stereocenters. The number of aromatic carboxylic acids is 1. The molecule has 4 nitrogen and oxygen atoms in total. The molecule has 0 bridgehead atoms. The number of carboxylic acids is 1. The highest BCUT2D eigenvalue weighted by atomic mass is 32.2. The van der Waals surface area contributed by atoms with Crippen LogP contribution in [-0.4, -0.2) is 26.0 Å². The highest BCUT2D eigenvalue weighted by Crippen LogP contribution is 2.11. The molecule has 2 rings (SSSR count). The van der Waals surface area contributed by atoms with Gasteiger partial charge in [-0.05, 0) is 42.3 Å². The third-order valence-corrected chi connectivity index (χ3v) is 4.02. The van der Waals surface area contributed by atoms with Crippen LogP contribution in [0.5, 0.6) is 0 Å². The monoisotopic (exact) mass is 275 g/mol. The first kappa shape index (κ1) is 13.4. The van der Waals surface area contributed by atoms with Crippen molar-refractivity contribution in [2.45, 2.75) is 11.3 Å². The van der Waals surface area contributed by atoms with Crippen molar-refractivity contribution in [2.24, 2.45) is 0 Å². The highest BCUT2D eigenvalue weighted by molar-refractivity contribution is 7.85. The van der Waals surface area contributed by atoms with Gasteiger partial charge in [0.1, 0.15) is 0 Å². The van der Waals surface area contributed by atoms with E-state index in [1.165, 1.54) is 12.1 Å². The molecule has 19 heavy (non-hydrogen) atoms. The molecule has 0 aliphatic rings. The van der Waals surface area contributed by atoms with Crippen LogP contribution in [0.1, 0.15) is 15.9 Å². The van der Waals surface area contributed by atoms with Gasteiger partial charge in [0.2, 0.25) is 0 Å². The third-order valence-electron chi connectivity index (χ3n) is 2.67. The van der Waals surface area contributed by atoms with E-state index in [2.05, 4.69) is 4.98 Å². The molecule has 98 valence electrons. The maximum Gasteiger partial charge on any atom is 0.335 e. The summed E-state index contributed by atoms with van der Waals surface area (Å²) in [5.74, 6) is -0.541. The summed E-state index contributed by atoms with van der Waals surface area (Å²) in [6, 6.07) is 10.0. The van der Waals surface area contributed by atoms with Crippen molar-refractivity contribution in [2.75, 3.05) is 5.75 Å². The lowest BCUT2D eigenvalue weighted by atomic mass is 10.2. The highest BCUT2D eigenvalue weighted by Gasteiger charge is 2.08. The summed E-state index contributed by atoms with van der Waals surface area (Å²) in [7, 11) is -1.19. The van der Waals surface area contributed by atoms with Crippen LogP contribution in [0.2, 0.25) is 0 Å². The van der Waals surface area contributed by atoms with Crippen LogP contribution in [-0.2, 0) is 17.2 Å². The number of hydrogen-bond donors (Lipinski definition) is 1. The zero-order chi connectivity index (χ0) is 13.7. The Hall–Kier alpha value is -2.01. The summed E-state index contributed by atoms with van der Waals surface area (Å²) in [4.78, 5) is 15.3. The van der Waals surface area contributed by atoms with Crippen LogP contribution in [0.15, 0.2) is 53.7 Å². The van der Waals surface area contributed by atoms with E-state index in [0.717, 1.165) is 5.56 Å². The molecule has 1 atom stereocenters. The summed E-state index contributed by atoms with van der Waals surface area (Å²) in [6.45, 7) is 0. The van der Waals surface area contributed by atoms with Gasteiger partial charge in [-0.15, -0.1) is 0 Å². The fourth-order valence-electron chi connectivity index (χ4n) is 1.65. The van der Waals surface area contributed by atoms with Crippen LogP contribution < -0.4 is 0 Å². The molecule has 1 N–H and O–H groups in total. The van der Waals surface area contributed by atoms with Gasteiger partial charge in [-0.1, -0.05) is 6.07 Å². The van der Waals surface area contributed by atoms with Crippen LogP contribution in [0, 0.1) is 0 Å². The van der Waals surface area contributed by atoms with Crippen LogP contribution >= 0.6 is 0 Å². The Morgan fingerprint density at radius 3 is 2.63 bits per heavy atom. The number of carbonyl (C=O) groups is 1. The van der Waals surface area contributed by atoms with Crippen molar-refractivity contribution in [3.63, 3.8) is 0 Å².